The van der Waals surface area contributed by atoms with Crippen molar-refractivity contribution in [2.24, 2.45) is 0 Å². The van der Waals surface area contributed by atoms with Crippen molar-refractivity contribution in [1.82, 2.24) is 14.9 Å². The highest BCUT2D eigenvalue weighted by molar-refractivity contribution is 5.97. The number of rotatable bonds is 5. The maximum Gasteiger partial charge on any atom is 0.261 e. The van der Waals surface area contributed by atoms with E-state index in [2.05, 4.69) is 5.32 Å². The number of amides is 1. The molecule has 3 aromatic rings. The van der Waals surface area contributed by atoms with Gasteiger partial charge < -0.3 is 14.8 Å². The second-order valence-electron chi connectivity index (χ2n) is 7.83. The number of methoxy groups -OCH3 is 2. The van der Waals surface area contributed by atoms with Crippen molar-refractivity contribution in [3.05, 3.63) is 63.7 Å². The van der Waals surface area contributed by atoms with Crippen molar-refractivity contribution < 1.29 is 14.3 Å². The van der Waals surface area contributed by atoms with Gasteiger partial charge in [-0.05, 0) is 56.2 Å². The zero-order valence-corrected chi connectivity index (χ0v) is 18.1. The molecule has 0 saturated heterocycles. The first-order chi connectivity index (χ1) is 15.0. The van der Waals surface area contributed by atoms with E-state index in [0.717, 1.165) is 37.1 Å². The predicted molar refractivity (Wildman–Crippen MR) is 119 cm³/mol. The zero-order valence-electron chi connectivity index (χ0n) is 18.1. The van der Waals surface area contributed by atoms with Crippen LogP contribution in [0, 0.1) is 0 Å². The van der Waals surface area contributed by atoms with Gasteiger partial charge in [0.1, 0.15) is 17.3 Å². The Morgan fingerprint density at radius 3 is 2.71 bits per heavy atom. The molecule has 0 radical (unpaired) electrons. The monoisotopic (exact) mass is 421 g/mol. The molecule has 1 amide bonds. The van der Waals surface area contributed by atoms with Gasteiger partial charge in [0.2, 0.25) is 0 Å². The van der Waals surface area contributed by atoms with Crippen molar-refractivity contribution in [2.45, 2.75) is 45.2 Å². The van der Waals surface area contributed by atoms with Gasteiger partial charge in [-0.25, -0.2) is 4.98 Å². The van der Waals surface area contributed by atoms with Crippen LogP contribution in [0.4, 0.5) is 0 Å². The molecular formula is C24H27N3O4. The molecule has 0 aliphatic carbocycles. The van der Waals surface area contributed by atoms with Gasteiger partial charge >= 0.3 is 0 Å². The van der Waals surface area contributed by atoms with E-state index in [-0.39, 0.29) is 17.5 Å². The first-order valence-electron chi connectivity index (χ1n) is 10.6. The molecule has 1 N–H and O–H groups in total. The number of fused-ring (bicyclic) bond motifs is 2. The predicted octanol–water partition coefficient (Wildman–Crippen LogP) is 3.63. The highest BCUT2D eigenvalue weighted by Crippen LogP contribution is 2.29. The summed E-state index contributed by atoms with van der Waals surface area (Å²) in [6.45, 7) is 2.60. The summed E-state index contributed by atoms with van der Waals surface area (Å²) >= 11 is 0. The molecule has 7 heteroatoms. The summed E-state index contributed by atoms with van der Waals surface area (Å²) < 4.78 is 12.5. The van der Waals surface area contributed by atoms with Crippen molar-refractivity contribution >= 4 is 16.8 Å². The van der Waals surface area contributed by atoms with Crippen LogP contribution in [0.25, 0.3) is 10.9 Å². The minimum Gasteiger partial charge on any atom is -0.497 e. The zero-order chi connectivity index (χ0) is 22.0. The second-order valence-corrected chi connectivity index (χ2v) is 7.83. The molecule has 4 rings (SSSR count). The third-order valence-electron chi connectivity index (χ3n) is 5.83. The molecule has 2 aromatic carbocycles. The molecule has 7 nitrogen and oxygen atoms in total. The number of nitrogens with one attached hydrogen (secondary N) is 1. The Bertz CT molecular complexity index is 1190. The van der Waals surface area contributed by atoms with Gasteiger partial charge in [0.15, 0.2) is 0 Å². The van der Waals surface area contributed by atoms with Crippen LogP contribution in [0.3, 0.4) is 0 Å². The van der Waals surface area contributed by atoms with Gasteiger partial charge in [0, 0.05) is 24.1 Å². The third-order valence-corrected chi connectivity index (χ3v) is 5.83. The van der Waals surface area contributed by atoms with Crippen molar-refractivity contribution in [3.8, 4) is 11.5 Å². The van der Waals surface area contributed by atoms with Crippen LogP contribution in [-0.2, 0) is 13.0 Å². The highest BCUT2D eigenvalue weighted by Gasteiger charge is 2.18. The lowest BCUT2D eigenvalue weighted by molar-refractivity contribution is 0.0939. The van der Waals surface area contributed by atoms with Gasteiger partial charge in [-0.15, -0.1) is 0 Å². The summed E-state index contributed by atoms with van der Waals surface area (Å²) in [7, 11) is 3.19. The van der Waals surface area contributed by atoms with Crippen molar-refractivity contribution in [1.29, 1.82) is 0 Å². The normalized spacial score (nSPS) is 14.4. The van der Waals surface area contributed by atoms with E-state index >= 15 is 0 Å². The molecule has 1 aliphatic heterocycles. The van der Waals surface area contributed by atoms with Gasteiger partial charge in [-0.1, -0.05) is 6.42 Å². The number of hydrogen-bond donors (Lipinski definition) is 1. The number of nitrogens with zero attached hydrogens (tertiary/aromatic N) is 2. The lowest BCUT2D eigenvalue weighted by atomic mass is 10.1. The van der Waals surface area contributed by atoms with E-state index in [1.54, 1.807) is 37.0 Å². The van der Waals surface area contributed by atoms with Crippen LogP contribution in [-0.4, -0.2) is 29.7 Å². The van der Waals surface area contributed by atoms with E-state index in [0.29, 0.717) is 34.5 Å². The Morgan fingerprint density at radius 2 is 1.94 bits per heavy atom. The number of aromatic nitrogens is 2. The highest BCUT2D eigenvalue weighted by atomic mass is 16.5. The molecule has 0 saturated carbocycles. The van der Waals surface area contributed by atoms with E-state index in [1.165, 1.54) is 0 Å². The fourth-order valence-corrected chi connectivity index (χ4v) is 4.10. The fourth-order valence-electron chi connectivity index (χ4n) is 4.10. The molecule has 2 heterocycles. The van der Waals surface area contributed by atoms with Crippen LogP contribution in [0.2, 0.25) is 0 Å². The fraction of sp³-hybridized carbons (Fsp3) is 0.375. The van der Waals surface area contributed by atoms with Gasteiger partial charge in [-0.3, -0.25) is 14.2 Å². The van der Waals surface area contributed by atoms with Gasteiger partial charge in [0.05, 0.1) is 31.2 Å². The maximum atomic E-state index is 13.0. The van der Waals surface area contributed by atoms with Crippen LogP contribution in [0.5, 0.6) is 11.5 Å². The quantitative estimate of drug-likeness (QED) is 0.680. The lowest BCUT2D eigenvalue weighted by Gasteiger charge is -2.18. The smallest absolute Gasteiger partial charge is 0.261 e. The minimum atomic E-state index is -0.307. The topological polar surface area (TPSA) is 82.5 Å². The third kappa shape index (κ3) is 4.13. The lowest BCUT2D eigenvalue weighted by Crippen LogP contribution is -2.28. The summed E-state index contributed by atoms with van der Waals surface area (Å²) in [5.41, 5.74) is 1.82. The molecule has 31 heavy (non-hydrogen) atoms. The molecule has 0 fully saturated rings. The molecule has 1 atom stereocenters. The number of carbonyl (C=O) groups excluding carboxylic acids is 1. The summed E-state index contributed by atoms with van der Waals surface area (Å²) in [5, 5.41) is 3.55. The molecule has 0 spiro atoms. The number of carbonyl (C=O) groups is 1. The van der Waals surface area contributed by atoms with Crippen LogP contribution in [0.15, 0.2) is 41.2 Å². The van der Waals surface area contributed by atoms with Crippen LogP contribution < -0.4 is 20.3 Å². The average molecular weight is 421 g/mol. The Kier molecular flexibility index (Phi) is 5.93. The van der Waals surface area contributed by atoms with E-state index < -0.39 is 0 Å². The molecule has 1 aliphatic rings. The standard InChI is InChI=1S/C24H27N3O4/c1-15(19-14-17(30-2)9-11-21(19)31-3)25-23(28)16-8-10-18-20(13-16)26-22-7-5-4-6-12-27(22)24(18)29/h8-11,13-15H,4-7,12H2,1-3H3,(H,25,28). The van der Waals surface area contributed by atoms with Gasteiger partial charge in [-0.2, -0.15) is 0 Å². The summed E-state index contributed by atoms with van der Waals surface area (Å²) in [4.78, 5) is 30.6. The Hall–Kier alpha value is -3.35. The molecule has 1 unspecified atom stereocenters. The Labute approximate surface area is 181 Å². The molecular weight excluding hydrogens is 394 g/mol. The Morgan fingerprint density at radius 1 is 1.10 bits per heavy atom. The first kappa shape index (κ1) is 20.9. The minimum absolute atomic E-state index is 0.0247. The molecule has 0 bridgehead atoms. The second kappa shape index (κ2) is 8.79. The Balaban J connectivity index is 1.63. The number of benzene rings is 2. The molecule has 162 valence electrons. The first-order valence-corrected chi connectivity index (χ1v) is 10.6. The van der Waals surface area contributed by atoms with Crippen molar-refractivity contribution in [2.75, 3.05) is 14.2 Å². The summed E-state index contributed by atoms with van der Waals surface area (Å²) in [6.07, 6.45) is 3.90. The maximum absolute atomic E-state index is 13.0. The SMILES string of the molecule is COc1ccc(OC)c(C(C)NC(=O)c2ccc3c(=O)n4c(nc3c2)CCCCC4)c1. The van der Waals surface area contributed by atoms with Crippen molar-refractivity contribution in [3.63, 3.8) is 0 Å². The number of aryl methyl sites for hydroxylation is 1. The van der Waals surface area contributed by atoms with E-state index in [1.807, 2.05) is 25.1 Å². The average Bonchev–Trinajstić information content (AvgIpc) is 3.04. The number of hydrogen-bond acceptors (Lipinski definition) is 5. The van der Waals surface area contributed by atoms with Gasteiger partial charge in [0.25, 0.3) is 11.5 Å². The van der Waals surface area contributed by atoms with E-state index in [4.69, 9.17) is 14.5 Å². The largest absolute Gasteiger partial charge is 0.497 e. The number of ether oxygens (including phenoxy) is 2. The summed E-state index contributed by atoms with van der Waals surface area (Å²) in [6, 6.07) is 10.3. The van der Waals surface area contributed by atoms with Crippen LogP contribution in [0.1, 0.15) is 54.0 Å². The van der Waals surface area contributed by atoms with Crippen LogP contribution >= 0.6 is 0 Å². The van der Waals surface area contributed by atoms with E-state index in [9.17, 15) is 9.59 Å². The summed E-state index contributed by atoms with van der Waals surface area (Å²) in [5.74, 6) is 1.93. The molecule has 1 aromatic heterocycles.